The molecule has 0 aromatic rings. The number of nitrogens with zero attached hydrogens (tertiary/aromatic N) is 2. The van der Waals surface area contributed by atoms with Crippen molar-refractivity contribution < 1.29 is 14.4 Å². The lowest BCUT2D eigenvalue weighted by atomic mass is 9.88. The largest absolute Gasteiger partial charge is 0.340 e. The van der Waals surface area contributed by atoms with E-state index in [1.54, 1.807) is 0 Å². The quantitative estimate of drug-likeness (QED) is 0.780. The van der Waals surface area contributed by atoms with Crippen LogP contribution in [0, 0.1) is 5.92 Å². The minimum atomic E-state index is -0.146. The number of rotatable bonds is 2. The molecule has 1 saturated carbocycles. The maximum absolute atomic E-state index is 12.5. The van der Waals surface area contributed by atoms with Crippen LogP contribution in [0.1, 0.15) is 38.5 Å². The van der Waals surface area contributed by atoms with Gasteiger partial charge in [-0.25, -0.2) is 0 Å². The third-order valence-electron chi connectivity index (χ3n) is 4.58. The molecule has 1 aliphatic carbocycles. The fraction of sp³-hybridized carbons (Fsp3) is 0.786. The lowest BCUT2D eigenvalue weighted by Crippen LogP contribution is -2.42. The molecule has 0 radical (unpaired) electrons. The van der Waals surface area contributed by atoms with Gasteiger partial charge >= 0.3 is 0 Å². The second-order valence-electron chi connectivity index (χ2n) is 5.88. The summed E-state index contributed by atoms with van der Waals surface area (Å²) in [6.07, 6.45) is 6.26. The van der Waals surface area contributed by atoms with Crippen LogP contribution in [0.2, 0.25) is 0 Å². The number of thioether (sulfide) groups is 1. The van der Waals surface area contributed by atoms with Gasteiger partial charge in [0.2, 0.25) is 11.8 Å². The Hall–Kier alpha value is -1.04. The van der Waals surface area contributed by atoms with Gasteiger partial charge in [-0.3, -0.25) is 19.3 Å². The molecule has 5 nitrogen and oxygen atoms in total. The van der Waals surface area contributed by atoms with E-state index < -0.39 is 0 Å². The Balaban J connectivity index is 1.60. The molecule has 0 N–H and O–H groups in total. The summed E-state index contributed by atoms with van der Waals surface area (Å²) in [5.74, 6) is 0.559. The van der Waals surface area contributed by atoms with Crippen LogP contribution in [-0.2, 0) is 9.59 Å². The lowest BCUT2D eigenvalue weighted by Gasteiger charge is -2.27. The molecule has 2 heterocycles. The van der Waals surface area contributed by atoms with Gasteiger partial charge < -0.3 is 4.90 Å². The van der Waals surface area contributed by atoms with Crippen LogP contribution < -0.4 is 0 Å². The van der Waals surface area contributed by atoms with Gasteiger partial charge in [0.15, 0.2) is 0 Å². The van der Waals surface area contributed by atoms with E-state index in [-0.39, 0.29) is 34.8 Å². The predicted octanol–water partition coefficient (Wildman–Crippen LogP) is 1.86. The topological polar surface area (TPSA) is 57.7 Å². The average Bonchev–Trinajstić information content (AvgIpc) is 3.06. The SMILES string of the molecule is O=C(C1CCCCC1)N1CCC(N2C(=O)CSC2=O)C1. The molecule has 0 spiro atoms. The summed E-state index contributed by atoms with van der Waals surface area (Å²) < 4.78 is 0. The summed E-state index contributed by atoms with van der Waals surface area (Å²) in [6, 6.07) is -0.0995. The van der Waals surface area contributed by atoms with E-state index in [1.165, 1.54) is 11.3 Å². The molecule has 0 aromatic carbocycles. The normalized spacial score (nSPS) is 28.5. The molecule has 3 rings (SSSR count). The molecule has 3 amide bonds. The van der Waals surface area contributed by atoms with Gasteiger partial charge in [-0.05, 0) is 19.3 Å². The van der Waals surface area contributed by atoms with Gasteiger partial charge in [0.05, 0.1) is 11.8 Å². The molecule has 3 fully saturated rings. The highest BCUT2D eigenvalue weighted by Gasteiger charge is 2.41. The summed E-state index contributed by atoms with van der Waals surface area (Å²) in [5, 5.41) is -0.146. The Morgan fingerprint density at radius 3 is 2.50 bits per heavy atom. The van der Waals surface area contributed by atoms with Crippen molar-refractivity contribution in [3.8, 4) is 0 Å². The number of hydrogen-bond donors (Lipinski definition) is 0. The van der Waals surface area contributed by atoms with Crippen LogP contribution in [0.15, 0.2) is 0 Å². The molecule has 2 aliphatic heterocycles. The van der Waals surface area contributed by atoms with Crippen LogP contribution >= 0.6 is 11.8 Å². The molecule has 1 atom stereocenters. The third kappa shape index (κ3) is 2.57. The molecular weight excluding hydrogens is 276 g/mol. The zero-order chi connectivity index (χ0) is 14.1. The predicted molar refractivity (Wildman–Crippen MR) is 76.3 cm³/mol. The highest BCUT2D eigenvalue weighted by molar-refractivity contribution is 8.14. The summed E-state index contributed by atoms with van der Waals surface area (Å²) in [4.78, 5) is 39.1. The smallest absolute Gasteiger partial charge is 0.289 e. The molecule has 2 saturated heterocycles. The molecule has 1 unspecified atom stereocenters. The van der Waals surface area contributed by atoms with Crippen LogP contribution in [0.3, 0.4) is 0 Å². The van der Waals surface area contributed by atoms with Crippen LogP contribution in [-0.4, -0.2) is 51.7 Å². The second-order valence-corrected chi connectivity index (χ2v) is 6.81. The van der Waals surface area contributed by atoms with Crippen molar-refractivity contribution in [1.82, 2.24) is 9.80 Å². The number of carbonyl (C=O) groups is 3. The number of carbonyl (C=O) groups excluding carboxylic acids is 3. The van der Waals surface area contributed by atoms with Gasteiger partial charge in [-0.15, -0.1) is 0 Å². The van der Waals surface area contributed by atoms with E-state index in [1.807, 2.05) is 4.90 Å². The van der Waals surface area contributed by atoms with Gasteiger partial charge in [0, 0.05) is 19.0 Å². The summed E-state index contributed by atoms with van der Waals surface area (Å²) in [6.45, 7) is 1.22. The van der Waals surface area contributed by atoms with E-state index in [4.69, 9.17) is 0 Å². The van der Waals surface area contributed by atoms with Crippen LogP contribution in [0.25, 0.3) is 0 Å². The maximum atomic E-state index is 12.5. The Bertz CT molecular complexity index is 418. The highest BCUT2D eigenvalue weighted by atomic mass is 32.2. The zero-order valence-corrected chi connectivity index (χ0v) is 12.4. The molecule has 20 heavy (non-hydrogen) atoms. The summed E-state index contributed by atoms with van der Waals surface area (Å²) in [7, 11) is 0. The van der Waals surface area contributed by atoms with Crippen LogP contribution in [0.5, 0.6) is 0 Å². The average molecular weight is 296 g/mol. The van der Waals surface area contributed by atoms with Crippen molar-refractivity contribution in [1.29, 1.82) is 0 Å². The van der Waals surface area contributed by atoms with E-state index in [0.717, 1.165) is 43.9 Å². The molecule has 110 valence electrons. The summed E-state index contributed by atoms with van der Waals surface area (Å²) >= 11 is 1.07. The van der Waals surface area contributed by atoms with Crippen molar-refractivity contribution in [2.24, 2.45) is 5.92 Å². The van der Waals surface area contributed by atoms with Crippen molar-refractivity contribution in [3.63, 3.8) is 0 Å². The number of amides is 3. The third-order valence-corrected chi connectivity index (χ3v) is 5.41. The van der Waals surface area contributed by atoms with Crippen molar-refractivity contribution in [2.45, 2.75) is 44.6 Å². The van der Waals surface area contributed by atoms with E-state index in [0.29, 0.717) is 13.1 Å². The monoisotopic (exact) mass is 296 g/mol. The fourth-order valence-electron chi connectivity index (χ4n) is 3.48. The Kier molecular flexibility index (Phi) is 4.01. The first-order chi connectivity index (χ1) is 9.66. The number of likely N-dealkylation sites (tertiary alicyclic amines) is 1. The lowest BCUT2D eigenvalue weighted by molar-refractivity contribution is -0.136. The Labute approximate surface area is 123 Å². The van der Waals surface area contributed by atoms with Crippen molar-refractivity contribution in [2.75, 3.05) is 18.8 Å². The Morgan fingerprint density at radius 2 is 1.85 bits per heavy atom. The van der Waals surface area contributed by atoms with Crippen LogP contribution in [0.4, 0.5) is 4.79 Å². The van der Waals surface area contributed by atoms with Gasteiger partial charge in [-0.2, -0.15) is 0 Å². The van der Waals surface area contributed by atoms with Gasteiger partial charge in [-0.1, -0.05) is 31.0 Å². The van der Waals surface area contributed by atoms with Crippen molar-refractivity contribution >= 4 is 28.8 Å². The first kappa shape index (κ1) is 13.9. The second kappa shape index (κ2) is 5.76. The first-order valence-electron chi connectivity index (χ1n) is 7.44. The van der Waals surface area contributed by atoms with Gasteiger partial charge in [0.25, 0.3) is 5.24 Å². The molecule has 0 aromatic heterocycles. The van der Waals surface area contributed by atoms with E-state index >= 15 is 0 Å². The minimum absolute atomic E-state index is 0.0995. The summed E-state index contributed by atoms with van der Waals surface area (Å²) in [5.41, 5.74) is 0. The van der Waals surface area contributed by atoms with Crippen molar-refractivity contribution in [3.05, 3.63) is 0 Å². The maximum Gasteiger partial charge on any atom is 0.289 e. The number of hydrogen-bond acceptors (Lipinski definition) is 4. The molecular formula is C14H20N2O3S. The van der Waals surface area contributed by atoms with Gasteiger partial charge in [0.1, 0.15) is 0 Å². The minimum Gasteiger partial charge on any atom is -0.340 e. The standard InChI is InChI=1S/C14H20N2O3S/c17-12-9-20-14(19)16(12)11-6-7-15(8-11)13(18)10-4-2-1-3-5-10/h10-11H,1-9H2. The molecule has 6 heteroatoms. The first-order valence-corrected chi connectivity index (χ1v) is 8.43. The molecule has 0 bridgehead atoms. The molecule has 3 aliphatic rings. The van der Waals surface area contributed by atoms with E-state index in [2.05, 4.69) is 0 Å². The Morgan fingerprint density at radius 1 is 1.10 bits per heavy atom. The zero-order valence-electron chi connectivity index (χ0n) is 11.5. The fourth-order valence-corrected chi connectivity index (χ4v) is 4.25. The number of imide groups is 1. The van der Waals surface area contributed by atoms with E-state index in [9.17, 15) is 14.4 Å². The highest BCUT2D eigenvalue weighted by Crippen LogP contribution is 2.30.